The second kappa shape index (κ2) is 9.44. The molecule has 6 rings (SSSR count). The van der Waals surface area contributed by atoms with E-state index in [2.05, 4.69) is 27.1 Å². The third-order valence-electron chi connectivity index (χ3n) is 6.88. The normalized spacial score (nSPS) is 14.4. The van der Waals surface area contributed by atoms with Gasteiger partial charge in [-0.25, -0.2) is 15.0 Å². The molecule has 37 heavy (non-hydrogen) atoms. The van der Waals surface area contributed by atoms with Gasteiger partial charge in [-0.05, 0) is 25.5 Å². The van der Waals surface area contributed by atoms with E-state index in [-0.39, 0.29) is 5.91 Å². The summed E-state index contributed by atoms with van der Waals surface area (Å²) in [6.07, 6.45) is 2.37. The van der Waals surface area contributed by atoms with E-state index in [4.69, 9.17) is 21.6 Å². The molecule has 0 aliphatic carbocycles. The van der Waals surface area contributed by atoms with E-state index in [0.29, 0.717) is 35.9 Å². The highest BCUT2D eigenvalue weighted by molar-refractivity contribution is 6.38. The lowest BCUT2D eigenvalue weighted by molar-refractivity contribution is 0.0767. The van der Waals surface area contributed by atoms with Gasteiger partial charge in [0.1, 0.15) is 5.69 Å². The first kappa shape index (κ1) is 23.4. The Morgan fingerprint density at radius 3 is 2.43 bits per heavy atom. The molecule has 2 aromatic carbocycles. The number of para-hydroxylation sites is 2. The summed E-state index contributed by atoms with van der Waals surface area (Å²) in [5.74, 6) is 0.726. The predicted molar refractivity (Wildman–Crippen MR) is 146 cm³/mol. The van der Waals surface area contributed by atoms with Gasteiger partial charge in [-0.15, -0.1) is 0 Å². The molecule has 1 aliphatic heterocycles. The molecule has 4 heterocycles. The van der Waals surface area contributed by atoms with Crippen molar-refractivity contribution in [3.8, 4) is 11.3 Å². The minimum atomic E-state index is -0.114. The number of benzene rings is 2. The van der Waals surface area contributed by atoms with Crippen molar-refractivity contribution in [3.05, 3.63) is 77.1 Å². The van der Waals surface area contributed by atoms with Crippen LogP contribution in [-0.2, 0) is 7.05 Å². The van der Waals surface area contributed by atoms with Crippen LogP contribution in [0.3, 0.4) is 0 Å². The summed E-state index contributed by atoms with van der Waals surface area (Å²) in [5, 5.41) is 5.54. The Morgan fingerprint density at radius 2 is 1.65 bits per heavy atom. The zero-order valence-corrected chi connectivity index (χ0v) is 21.5. The van der Waals surface area contributed by atoms with E-state index in [1.807, 2.05) is 61.3 Å². The zero-order valence-electron chi connectivity index (χ0n) is 20.7. The maximum Gasteiger partial charge on any atom is 0.257 e. The maximum absolute atomic E-state index is 13.6. The highest BCUT2D eigenvalue weighted by atomic mass is 35.5. The molecule has 1 fully saturated rings. The van der Waals surface area contributed by atoms with Crippen LogP contribution in [0.25, 0.3) is 33.3 Å². The standard InChI is InChI=1S/C28H26ClN7O/c1-18-23-24(29)20(17-30-26(23)34(2)33-18)28(37)36-14-8-13-35(15-16-36)27-25(19-9-4-3-5-10-19)31-21-11-6-7-12-22(21)32-27/h3-7,9-12,17H,8,13-16H2,1-2H3. The number of nitrogens with zero attached hydrogens (tertiary/aromatic N) is 7. The van der Waals surface area contributed by atoms with Gasteiger partial charge in [0.05, 0.1) is 32.7 Å². The summed E-state index contributed by atoms with van der Waals surface area (Å²) in [4.78, 5) is 32.2. The van der Waals surface area contributed by atoms with Crippen molar-refractivity contribution in [2.24, 2.45) is 7.05 Å². The van der Waals surface area contributed by atoms with E-state index in [1.165, 1.54) is 0 Å². The molecule has 1 aliphatic rings. The van der Waals surface area contributed by atoms with Gasteiger partial charge in [-0.2, -0.15) is 5.10 Å². The molecule has 8 nitrogen and oxygen atoms in total. The number of hydrogen-bond acceptors (Lipinski definition) is 6. The number of carbonyl (C=O) groups is 1. The Balaban J connectivity index is 1.31. The Bertz CT molecular complexity index is 1630. The summed E-state index contributed by atoms with van der Waals surface area (Å²) in [6, 6.07) is 18.1. The van der Waals surface area contributed by atoms with Crippen LogP contribution in [0.1, 0.15) is 22.5 Å². The average Bonchev–Trinajstić information content (AvgIpc) is 3.07. The lowest BCUT2D eigenvalue weighted by atomic mass is 10.1. The van der Waals surface area contributed by atoms with Crippen molar-refractivity contribution >= 4 is 45.4 Å². The Morgan fingerprint density at radius 1 is 0.919 bits per heavy atom. The van der Waals surface area contributed by atoms with Gasteiger partial charge in [0.2, 0.25) is 0 Å². The van der Waals surface area contributed by atoms with Crippen molar-refractivity contribution in [2.75, 3.05) is 31.1 Å². The van der Waals surface area contributed by atoms with Crippen molar-refractivity contribution in [1.82, 2.24) is 29.6 Å². The van der Waals surface area contributed by atoms with Crippen LogP contribution in [0, 0.1) is 6.92 Å². The van der Waals surface area contributed by atoms with Crippen molar-refractivity contribution in [2.45, 2.75) is 13.3 Å². The molecule has 0 atom stereocenters. The van der Waals surface area contributed by atoms with Gasteiger partial charge >= 0.3 is 0 Å². The van der Waals surface area contributed by atoms with E-state index >= 15 is 0 Å². The Labute approximate surface area is 219 Å². The molecular weight excluding hydrogens is 486 g/mol. The van der Waals surface area contributed by atoms with E-state index in [9.17, 15) is 4.79 Å². The first-order valence-corrected chi connectivity index (χ1v) is 12.7. The largest absolute Gasteiger partial charge is 0.353 e. The van der Waals surface area contributed by atoms with Gasteiger partial charge in [-0.1, -0.05) is 54.1 Å². The zero-order chi connectivity index (χ0) is 25.5. The first-order valence-electron chi connectivity index (χ1n) is 12.4. The smallest absolute Gasteiger partial charge is 0.257 e. The second-order valence-corrected chi connectivity index (χ2v) is 9.65. The van der Waals surface area contributed by atoms with Crippen LogP contribution in [0.15, 0.2) is 60.8 Å². The summed E-state index contributed by atoms with van der Waals surface area (Å²) < 4.78 is 1.68. The Kier molecular flexibility index (Phi) is 5.96. The number of rotatable bonds is 3. The highest BCUT2D eigenvalue weighted by Gasteiger charge is 2.26. The lowest BCUT2D eigenvalue weighted by Gasteiger charge is -2.25. The van der Waals surface area contributed by atoms with Crippen molar-refractivity contribution in [3.63, 3.8) is 0 Å². The number of halogens is 1. The molecule has 3 aromatic heterocycles. The van der Waals surface area contributed by atoms with Crippen molar-refractivity contribution < 1.29 is 4.79 Å². The Hall–Kier alpha value is -4.04. The molecule has 0 radical (unpaired) electrons. The molecule has 1 amide bonds. The average molecular weight is 512 g/mol. The van der Waals surface area contributed by atoms with E-state index < -0.39 is 0 Å². The fourth-order valence-electron chi connectivity index (χ4n) is 5.02. The van der Waals surface area contributed by atoms with Gasteiger partial charge < -0.3 is 9.80 Å². The molecule has 186 valence electrons. The molecule has 5 aromatic rings. The molecule has 0 spiro atoms. The highest BCUT2D eigenvalue weighted by Crippen LogP contribution is 2.32. The molecule has 0 N–H and O–H groups in total. The van der Waals surface area contributed by atoms with E-state index in [1.54, 1.807) is 10.9 Å². The minimum absolute atomic E-state index is 0.114. The number of hydrogen-bond donors (Lipinski definition) is 0. The fraction of sp³-hybridized carbons (Fsp3) is 0.250. The summed E-state index contributed by atoms with van der Waals surface area (Å²) in [5.41, 5.74) is 5.43. The summed E-state index contributed by atoms with van der Waals surface area (Å²) in [7, 11) is 1.82. The van der Waals surface area contributed by atoms with Gasteiger partial charge in [0.25, 0.3) is 5.91 Å². The molecular formula is C28H26ClN7O. The summed E-state index contributed by atoms with van der Waals surface area (Å²) in [6.45, 7) is 4.45. The van der Waals surface area contributed by atoms with Crippen LogP contribution in [0.5, 0.6) is 0 Å². The van der Waals surface area contributed by atoms with Crippen LogP contribution < -0.4 is 4.90 Å². The number of amides is 1. The van der Waals surface area contributed by atoms with Crippen LogP contribution >= 0.6 is 11.6 Å². The molecule has 0 bridgehead atoms. The number of pyridine rings is 1. The van der Waals surface area contributed by atoms with Gasteiger partial charge in [-0.3, -0.25) is 9.48 Å². The van der Waals surface area contributed by atoms with Crippen LogP contribution in [0.2, 0.25) is 5.02 Å². The molecule has 9 heteroatoms. The topological polar surface area (TPSA) is 80.0 Å². The SMILES string of the molecule is Cc1nn(C)c2ncc(C(=O)N3CCCN(c4nc5ccccc5nc4-c4ccccc4)CC3)c(Cl)c12. The minimum Gasteiger partial charge on any atom is -0.353 e. The van der Waals surface area contributed by atoms with Gasteiger partial charge in [0, 0.05) is 45.0 Å². The number of carbonyl (C=O) groups excluding carboxylic acids is 1. The first-order chi connectivity index (χ1) is 18.0. The maximum atomic E-state index is 13.6. The number of anilines is 1. The van der Waals surface area contributed by atoms with E-state index in [0.717, 1.165) is 52.2 Å². The fourth-order valence-corrected chi connectivity index (χ4v) is 5.37. The number of aryl methyl sites for hydroxylation is 2. The van der Waals surface area contributed by atoms with Gasteiger partial charge in [0.15, 0.2) is 11.5 Å². The van der Waals surface area contributed by atoms with Crippen molar-refractivity contribution in [1.29, 1.82) is 0 Å². The third-order valence-corrected chi connectivity index (χ3v) is 7.27. The number of fused-ring (bicyclic) bond motifs is 2. The monoisotopic (exact) mass is 511 g/mol. The predicted octanol–water partition coefficient (Wildman–Crippen LogP) is 4.89. The van der Waals surface area contributed by atoms with Crippen LogP contribution in [-0.4, -0.2) is 61.7 Å². The quantitative estimate of drug-likeness (QED) is 0.343. The van der Waals surface area contributed by atoms with Crippen LogP contribution in [0.4, 0.5) is 5.82 Å². The summed E-state index contributed by atoms with van der Waals surface area (Å²) >= 11 is 6.71. The number of aromatic nitrogens is 5. The molecule has 0 saturated carbocycles. The molecule has 1 saturated heterocycles. The molecule has 0 unspecified atom stereocenters. The second-order valence-electron chi connectivity index (χ2n) is 9.28. The third kappa shape index (κ3) is 4.17. The lowest BCUT2D eigenvalue weighted by Crippen LogP contribution is -2.35.